The van der Waals surface area contributed by atoms with Crippen LogP contribution in [0.1, 0.15) is 27.4 Å². The van der Waals surface area contributed by atoms with Crippen LogP contribution in [0.3, 0.4) is 0 Å². The molecule has 1 amide bonds. The Balaban J connectivity index is 1.49. The third-order valence-corrected chi connectivity index (χ3v) is 8.67. The number of halogens is 5. The quantitative estimate of drug-likeness (QED) is 0.232. The van der Waals surface area contributed by atoms with E-state index in [9.17, 15) is 18.0 Å². The Kier molecular flexibility index (Phi) is 7.69. The molecular formula is C25H18Cl5NO4S. The highest BCUT2D eigenvalue weighted by Gasteiger charge is 2.67. The summed E-state index contributed by atoms with van der Waals surface area (Å²) in [5.74, 6) is -2.01. The first-order chi connectivity index (χ1) is 16.8. The van der Waals surface area contributed by atoms with Gasteiger partial charge in [0.2, 0.25) is 5.91 Å². The number of carbonyl (C=O) groups excluding carboxylic acids is 2. The molecule has 2 unspecified atom stereocenters. The van der Waals surface area contributed by atoms with E-state index in [0.717, 1.165) is 6.26 Å². The van der Waals surface area contributed by atoms with E-state index in [1.165, 1.54) is 24.3 Å². The van der Waals surface area contributed by atoms with Gasteiger partial charge in [0.25, 0.3) is 0 Å². The van der Waals surface area contributed by atoms with Crippen LogP contribution in [0.5, 0.6) is 0 Å². The van der Waals surface area contributed by atoms with Gasteiger partial charge >= 0.3 is 0 Å². The Morgan fingerprint density at radius 3 is 2.11 bits per heavy atom. The van der Waals surface area contributed by atoms with E-state index in [1.807, 2.05) is 0 Å². The molecule has 1 fully saturated rings. The van der Waals surface area contributed by atoms with Crippen LogP contribution in [-0.2, 0) is 21.1 Å². The van der Waals surface area contributed by atoms with Gasteiger partial charge in [0.05, 0.1) is 15.8 Å². The maximum Gasteiger partial charge on any atom is 0.231 e. The number of sulfone groups is 1. The number of hydrogen-bond donors (Lipinski definition) is 1. The zero-order chi connectivity index (χ0) is 26.4. The summed E-state index contributed by atoms with van der Waals surface area (Å²) in [4.78, 5) is 26.1. The molecule has 0 radical (unpaired) electrons. The van der Waals surface area contributed by atoms with Gasteiger partial charge in [0.15, 0.2) is 15.6 Å². The number of carbonyl (C=O) groups is 2. The third kappa shape index (κ3) is 5.85. The highest BCUT2D eigenvalue weighted by Crippen LogP contribution is 2.65. The number of nitrogens with one attached hydrogen (secondary N) is 1. The third-order valence-electron chi connectivity index (χ3n) is 5.83. The van der Waals surface area contributed by atoms with Crippen molar-refractivity contribution in [2.24, 2.45) is 5.92 Å². The highest BCUT2D eigenvalue weighted by molar-refractivity contribution is 7.90. The van der Waals surface area contributed by atoms with Crippen LogP contribution in [0.2, 0.25) is 15.1 Å². The molecule has 3 aromatic rings. The SMILES string of the molecule is CS(=O)(=O)c1ccc(CC(=O)c2cc(NC(=O)C3C(c4cc(Cl)cc(Cl)c4)C3(Cl)Cl)ccc2Cl)cc1. The Morgan fingerprint density at radius 2 is 1.53 bits per heavy atom. The first-order valence-electron chi connectivity index (χ1n) is 10.5. The largest absolute Gasteiger partial charge is 0.326 e. The summed E-state index contributed by atoms with van der Waals surface area (Å²) in [6, 6.07) is 15.5. The highest BCUT2D eigenvalue weighted by atomic mass is 35.5. The molecule has 11 heteroatoms. The molecular weight excluding hydrogens is 588 g/mol. The van der Waals surface area contributed by atoms with Gasteiger partial charge in [0, 0.05) is 39.9 Å². The molecule has 0 saturated heterocycles. The molecule has 188 valence electrons. The molecule has 2 atom stereocenters. The van der Waals surface area contributed by atoms with Gasteiger partial charge in [-0.1, -0.05) is 46.9 Å². The normalized spacial score (nSPS) is 18.5. The molecule has 5 nitrogen and oxygen atoms in total. The molecule has 1 saturated carbocycles. The van der Waals surface area contributed by atoms with Crippen LogP contribution in [0.15, 0.2) is 65.6 Å². The van der Waals surface area contributed by atoms with Crippen LogP contribution in [0.25, 0.3) is 0 Å². The molecule has 0 bridgehead atoms. The summed E-state index contributed by atoms with van der Waals surface area (Å²) in [6.07, 6.45) is 1.10. The molecule has 0 spiro atoms. The van der Waals surface area contributed by atoms with Gasteiger partial charge in [0.1, 0.15) is 4.33 Å². The summed E-state index contributed by atoms with van der Waals surface area (Å²) >= 11 is 31.2. The number of Topliss-reactive ketones (excluding diaryl/α,β-unsaturated/α-hetero) is 1. The second kappa shape index (κ2) is 10.2. The maximum absolute atomic E-state index is 13.0. The van der Waals surface area contributed by atoms with Gasteiger partial charge in [-0.25, -0.2) is 8.42 Å². The minimum Gasteiger partial charge on any atom is -0.326 e. The van der Waals surface area contributed by atoms with Crippen LogP contribution >= 0.6 is 58.0 Å². The molecule has 0 heterocycles. The summed E-state index contributed by atoms with van der Waals surface area (Å²) in [5.41, 5.74) is 1.82. The minimum absolute atomic E-state index is 0.00609. The van der Waals surface area contributed by atoms with Crippen LogP contribution in [0.4, 0.5) is 5.69 Å². The second-order valence-electron chi connectivity index (χ2n) is 8.53. The number of amides is 1. The Bertz CT molecular complexity index is 1450. The van der Waals surface area contributed by atoms with Gasteiger partial charge in [-0.2, -0.15) is 0 Å². The van der Waals surface area contributed by atoms with E-state index in [2.05, 4.69) is 5.32 Å². The summed E-state index contributed by atoms with van der Waals surface area (Å²) in [7, 11) is -3.34. The molecule has 1 aliphatic carbocycles. The van der Waals surface area contributed by atoms with E-state index in [-0.39, 0.29) is 27.7 Å². The molecule has 3 aromatic carbocycles. The Labute approximate surface area is 233 Å². The lowest BCUT2D eigenvalue weighted by molar-refractivity contribution is -0.117. The van der Waals surface area contributed by atoms with Gasteiger partial charge in [-0.05, 0) is 59.7 Å². The van der Waals surface area contributed by atoms with Crippen LogP contribution in [-0.4, -0.2) is 30.7 Å². The maximum atomic E-state index is 13.0. The monoisotopic (exact) mass is 603 g/mol. The fraction of sp³-hybridized carbons (Fsp3) is 0.200. The predicted octanol–water partition coefficient (Wildman–Crippen LogP) is 7.00. The lowest BCUT2D eigenvalue weighted by Gasteiger charge is -2.10. The van der Waals surface area contributed by atoms with Crippen molar-refractivity contribution in [1.82, 2.24) is 0 Å². The lowest BCUT2D eigenvalue weighted by Crippen LogP contribution is -2.17. The average molecular weight is 606 g/mol. The first kappa shape index (κ1) is 27.2. The summed E-state index contributed by atoms with van der Waals surface area (Å²) in [6.45, 7) is 0. The van der Waals surface area contributed by atoms with E-state index in [4.69, 9.17) is 58.0 Å². The standard InChI is InChI=1S/C25H18Cl5NO4S/c1-36(34,35)18-5-2-13(3-6-18)8-21(32)19-12-17(4-7-20(19)28)31-24(33)23-22(25(23,29)30)14-9-15(26)11-16(27)10-14/h2-7,9-12,22-23H,8H2,1H3,(H,31,33). The Hall–Kier alpha value is -1.80. The molecule has 0 aliphatic heterocycles. The van der Waals surface area contributed by atoms with E-state index in [0.29, 0.717) is 26.9 Å². The van der Waals surface area contributed by atoms with E-state index in [1.54, 1.807) is 36.4 Å². The van der Waals surface area contributed by atoms with Crippen molar-refractivity contribution in [2.45, 2.75) is 21.6 Å². The van der Waals surface area contributed by atoms with Crippen molar-refractivity contribution in [2.75, 3.05) is 11.6 Å². The smallest absolute Gasteiger partial charge is 0.231 e. The molecule has 1 N–H and O–H groups in total. The number of ketones is 1. The van der Waals surface area contributed by atoms with Crippen molar-refractivity contribution in [3.05, 3.63) is 92.4 Å². The second-order valence-corrected chi connectivity index (χ2v) is 13.3. The van der Waals surface area contributed by atoms with E-state index >= 15 is 0 Å². The number of hydrogen-bond acceptors (Lipinski definition) is 4. The first-order valence-corrected chi connectivity index (χ1v) is 14.3. The zero-order valence-corrected chi connectivity index (χ0v) is 23.2. The van der Waals surface area contributed by atoms with Gasteiger partial charge < -0.3 is 5.32 Å². The molecule has 4 rings (SSSR count). The fourth-order valence-corrected chi connectivity index (χ4v) is 6.22. The number of rotatable bonds is 7. The molecule has 1 aliphatic rings. The van der Waals surface area contributed by atoms with Crippen molar-refractivity contribution in [1.29, 1.82) is 0 Å². The average Bonchev–Trinajstić information content (AvgIpc) is 3.36. The van der Waals surface area contributed by atoms with Crippen molar-refractivity contribution < 1.29 is 18.0 Å². The predicted molar refractivity (Wildman–Crippen MR) is 145 cm³/mol. The zero-order valence-electron chi connectivity index (χ0n) is 18.6. The molecule has 0 aromatic heterocycles. The Morgan fingerprint density at radius 1 is 0.917 bits per heavy atom. The number of alkyl halides is 2. The fourth-order valence-electron chi connectivity index (χ4n) is 3.99. The molecule has 36 heavy (non-hydrogen) atoms. The lowest BCUT2D eigenvalue weighted by atomic mass is 10.0. The van der Waals surface area contributed by atoms with Crippen LogP contribution < -0.4 is 5.32 Å². The summed E-state index contributed by atoms with van der Waals surface area (Å²) < 4.78 is 21.9. The van der Waals surface area contributed by atoms with Crippen molar-refractivity contribution in [3.63, 3.8) is 0 Å². The number of benzene rings is 3. The minimum atomic E-state index is -3.34. The topological polar surface area (TPSA) is 80.3 Å². The van der Waals surface area contributed by atoms with Crippen molar-refractivity contribution in [3.8, 4) is 0 Å². The van der Waals surface area contributed by atoms with Gasteiger partial charge in [-0.3, -0.25) is 9.59 Å². The summed E-state index contributed by atoms with van der Waals surface area (Å²) in [5, 5.41) is 3.77. The van der Waals surface area contributed by atoms with Gasteiger partial charge in [-0.15, -0.1) is 23.2 Å². The van der Waals surface area contributed by atoms with E-state index < -0.39 is 31.9 Å². The van der Waals surface area contributed by atoms with Crippen LogP contribution in [0, 0.1) is 5.92 Å². The van der Waals surface area contributed by atoms with Crippen molar-refractivity contribution >= 4 is 85.2 Å². The number of anilines is 1.